The number of rotatable bonds is 56. The van der Waals surface area contributed by atoms with Gasteiger partial charge in [-0.3, -0.25) is 38.4 Å². The van der Waals surface area contributed by atoms with Crippen LogP contribution in [0.1, 0.15) is 119 Å². The molecule has 0 aliphatic carbocycles. The van der Waals surface area contributed by atoms with Crippen LogP contribution in [0.4, 0.5) is 22.7 Å². The molecule has 0 spiro atoms. The van der Waals surface area contributed by atoms with E-state index in [4.69, 9.17) is 41.9 Å². The van der Waals surface area contributed by atoms with Crippen molar-refractivity contribution in [2.24, 2.45) is 28.3 Å². The van der Waals surface area contributed by atoms with E-state index in [1.807, 2.05) is 24.3 Å². The van der Waals surface area contributed by atoms with Crippen LogP contribution >= 0.6 is 0 Å². The molecule has 145 heavy (non-hydrogen) atoms. The topological polar surface area (TPSA) is 558 Å². The van der Waals surface area contributed by atoms with Gasteiger partial charge < -0.3 is 84.4 Å². The predicted molar refractivity (Wildman–Crippen MR) is 548 cm³/mol. The summed E-state index contributed by atoms with van der Waals surface area (Å²) < 4.78 is 147. The lowest BCUT2D eigenvalue weighted by atomic mass is 9.92. The molecule has 0 bridgehead atoms. The number of carbonyl (C=O) groups is 8. The standard InChI is InChI=1S/C105H116N16O20S4/c106-97(73-25-9-1-10-26-73)101(77-33-17-5-18-34-77)118-142(130,131)85-49-41-81(42-50-85)114-93(126)65-110-89(122)57-61-138-69-105(70-139-62-58-90(123)111-66-94(127)115-82-43-51-86(52-44-82)143(132,133)119-102(78-35-19-6-20-36-78)98(107)74-27-11-2-12-28-74,71-140-63-59-91(124)112-67-95(128)116-83-45-53-87(54-46-83)144(134,135)120-103(79-37-21-7-22-38-79)99(108)75-29-13-3-14-30-75)72-141-64-60-92(125)113-68-96(129)117-84-47-55-88(56-48-84)145(136,137)121-104(80-39-23-8-24-40-80)100(109)76-31-15-4-16-32-76/h1-56,97-104,118-121H,57-72,106-109H2,(H,110,122)(H,111,123)(H,112,124)(H,113,125)(H,114,126)(H,115,127)(H,116,128)(H,117,129)/t97-,98-,99-,100-,101-,102-,103-,104-/m1/s1. The summed E-state index contributed by atoms with van der Waals surface area (Å²) in [5.41, 5.74) is 31.3. The minimum Gasteiger partial charge on any atom is -0.380 e. The summed E-state index contributed by atoms with van der Waals surface area (Å²) in [7, 11) is -16.8. The lowest BCUT2D eigenvalue weighted by Gasteiger charge is -2.33. The van der Waals surface area contributed by atoms with Gasteiger partial charge in [-0.1, -0.05) is 243 Å². The molecule has 12 aromatic carbocycles. The first kappa shape index (κ1) is 110. The number of carbonyl (C=O) groups excluding carboxylic acids is 8. The zero-order valence-corrected chi connectivity index (χ0v) is 82.1. The monoisotopic (exact) mass is 2050 g/mol. The van der Waals surface area contributed by atoms with E-state index >= 15 is 0 Å². The van der Waals surface area contributed by atoms with Crippen molar-refractivity contribution in [3.05, 3.63) is 384 Å². The quantitative estimate of drug-likeness (QED) is 0.0158. The first-order chi connectivity index (χ1) is 69.8. The molecule has 40 heteroatoms. The van der Waals surface area contributed by atoms with Gasteiger partial charge in [0, 0.05) is 48.4 Å². The van der Waals surface area contributed by atoms with Gasteiger partial charge in [0.15, 0.2) is 0 Å². The number of sulfonamides is 4. The van der Waals surface area contributed by atoms with Gasteiger partial charge in [-0.15, -0.1) is 0 Å². The molecule has 0 fully saturated rings. The average molecular weight is 2050 g/mol. The van der Waals surface area contributed by atoms with Crippen LogP contribution < -0.4 is 84.4 Å². The number of nitrogens with two attached hydrogens (primary N) is 4. The van der Waals surface area contributed by atoms with Crippen LogP contribution in [-0.2, 0) is 97.4 Å². The minimum atomic E-state index is -4.21. The Kier molecular flexibility index (Phi) is 40.7. The largest absolute Gasteiger partial charge is 0.380 e. The van der Waals surface area contributed by atoms with Crippen molar-refractivity contribution < 1.29 is 91.0 Å². The third-order valence-electron chi connectivity index (χ3n) is 23.0. The summed E-state index contributed by atoms with van der Waals surface area (Å²) in [5, 5.41) is 20.6. The Morgan fingerprint density at radius 2 is 0.379 bits per heavy atom. The van der Waals surface area contributed by atoms with E-state index in [9.17, 15) is 72.0 Å². The fourth-order valence-corrected chi connectivity index (χ4v) is 20.3. The second kappa shape index (κ2) is 53.9. The van der Waals surface area contributed by atoms with E-state index in [0.717, 1.165) is 0 Å². The molecule has 0 saturated carbocycles. The van der Waals surface area contributed by atoms with E-state index < -0.39 is 167 Å². The van der Waals surface area contributed by atoms with Crippen molar-refractivity contribution in [3.63, 3.8) is 0 Å². The molecule has 20 N–H and O–H groups in total. The SMILES string of the molecule is N[C@H](c1ccccc1)[C@H](NS(=O)(=O)c1ccc(NC(=O)CNC(=O)CCOCC(COCCC(=O)NCC(=O)Nc2ccc(S(=O)(=O)N[C@H](c3ccccc3)[C@H](N)c3ccccc3)cc2)(COCCC(=O)NCC(=O)Nc2ccc(S(=O)(=O)N[C@H](c3ccccc3)[C@H](N)c3ccccc3)cc2)COCCC(=O)NCC(=O)Nc2ccc(S(=O)(=O)N[C@H](c3ccccc3)[C@H](N)c3ccccc3)cc2)cc1)c1ccccc1. The van der Waals surface area contributed by atoms with Crippen LogP contribution in [0.15, 0.2) is 359 Å². The highest BCUT2D eigenvalue weighted by atomic mass is 32.2. The van der Waals surface area contributed by atoms with Crippen LogP contribution in [0, 0.1) is 5.41 Å². The van der Waals surface area contributed by atoms with Gasteiger partial charge in [-0.05, 0) is 142 Å². The van der Waals surface area contributed by atoms with Gasteiger partial charge in [-0.25, -0.2) is 52.6 Å². The van der Waals surface area contributed by atoms with Crippen molar-refractivity contribution in [1.82, 2.24) is 40.2 Å². The Hall–Kier alpha value is -14.3. The molecule has 8 amide bonds. The number of nitrogens with one attached hydrogen (secondary N) is 12. The molecule has 0 aliphatic rings. The predicted octanol–water partition coefficient (Wildman–Crippen LogP) is 9.50. The Balaban J connectivity index is 0.684. The first-order valence-electron chi connectivity index (χ1n) is 46.3. The van der Waals surface area contributed by atoms with Crippen molar-refractivity contribution in [3.8, 4) is 0 Å². The maximum Gasteiger partial charge on any atom is 0.243 e. The summed E-state index contributed by atoms with van der Waals surface area (Å²) in [4.78, 5) is 107. The highest BCUT2D eigenvalue weighted by Gasteiger charge is 2.36. The maximum absolute atomic E-state index is 13.9. The summed E-state index contributed by atoms with van der Waals surface area (Å²) in [5.74, 6) is -5.34. The van der Waals surface area contributed by atoms with E-state index in [-0.39, 0.29) is 121 Å². The van der Waals surface area contributed by atoms with Crippen LogP contribution in [0.5, 0.6) is 0 Å². The summed E-state index contributed by atoms with van der Waals surface area (Å²) >= 11 is 0. The molecule has 8 atom stereocenters. The van der Waals surface area contributed by atoms with Crippen LogP contribution in [-0.4, -0.2) is 160 Å². The van der Waals surface area contributed by atoms with E-state index in [0.29, 0.717) is 44.5 Å². The Morgan fingerprint density at radius 3 is 0.545 bits per heavy atom. The Labute approximate surface area is 842 Å². The molecule has 0 radical (unpaired) electrons. The van der Waals surface area contributed by atoms with Crippen LogP contribution in [0.25, 0.3) is 0 Å². The summed E-state index contributed by atoms with van der Waals surface area (Å²) in [6, 6.07) is 86.2. The molecular weight excluding hydrogens is 1930 g/mol. The van der Waals surface area contributed by atoms with E-state index in [2.05, 4.69) is 61.4 Å². The lowest BCUT2D eigenvalue weighted by molar-refractivity contribution is -0.131. The fraction of sp³-hybridized carbons (Fsp3) is 0.238. The number of benzene rings is 12. The molecule has 0 heterocycles. The number of hydrogen-bond acceptors (Lipinski definition) is 24. The van der Waals surface area contributed by atoms with Gasteiger partial charge in [-0.2, -0.15) is 0 Å². The van der Waals surface area contributed by atoms with Gasteiger partial charge in [0.05, 0.1) is 152 Å². The van der Waals surface area contributed by atoms with Crippen LogP contribution in [0.2, 0.25) is 0 Å². The van der Waals surface area contributed by atoms with Gasteiger partial charge in [0.1, 0.15) is 0 Å². The van der Waals surface area contributed by atoms with Gasteiger partial charge in [0.2, 0.25) is 87.4 Å². The Morgan fingerprint density at radius 1 is 0.221 bits per heavy atom. The zero-order chi connectivity index (χ0) is 103. The number of anilines is 4. The van der Waals surface area contributed by atoms with Gasteiger partial charge in [0.25, 0.3) is 0 Å². The highest BCUT2D eigenvalue weighted by Crippen LogP contribution is 2.35. The maximum atomic E-state index is 13.9. The van der Waals surface area contributed by atoms with Gasteiger partial charge >= 0.3 is 0 Å². The van der Waals surface area contributed by atoms with Crippen molar-refractivity contribution in [2.45, 2.75) is 93.6 Å². The highest BCUT2D eigenvalue weighted by molar-refractivity contribution is 7.90. The smallest absolute Gasteiger partial charge is 0.243 e. The molecule has 0 unspecified atom stereocenters. The average Bonchev–Trinajstić information content (AvgIpc) is 0.811. The molecule has 12 rings (SSSR count). The molecule has 0 saturated heterocycles. The summed E-state index contributed by atoms with van der Waals surface area (Å²) in [6.45, 7) is -4.88. The number of ether oxygens (including phenoxy) is 4. The first-order valence-corrected chi connectivity index (χ1v) is 52.2. The third-order valence-corrected chi connectivity index (χ3v) is 28.9. The molecule has 36 nitrogen and oxygen atoms in total. The zero-order valence-electron chi connectivity index (χ0n) is 78.9. The lowest BCUT2D eigenvalue weighted by Crippen LogP contribution is -2.43. The van der Waals surface area contributed by atoms with E-state index in [1.165, 1.54) is 97.1 Å². The van der Waals surface area contributed by atoms with Crippen LogP contribution in [0.3, 0.4) is 0 Å². The second-order valence-electron chi connectivity index (χ2n) is 33.9. The van der Waals surface area contributed by atoms with Crippen molar-refractivity contribution in [2.75, 3.05) is 100 Å². The molecule has 0 aromatic heterocycles. The second-order valence-corrected chi connectivity index (χ2v) is 40.7. The van der Waals surface area contributed by atoms with Crippen molar-refractivity contribution >= 4 is 110 Å². The molecule has 760 valence electrons. The number of amides is 8. The van der Waals surface area contributed by atoms with Crippen molar-refractivity contribution in [1.29, 1.82) is 0 Å². The van der Waals surface area contributed by atoms with E-state index in [1.54, 1.807) is 218 Å². The number of hydrogen-bond donors (Lipinski definition) is 16. The molecule has 0 aliphatic heterocycles. The molecular formula is C105H116N16O20S4. The minimum absolute atomic E-state index is 0.126. The fourth-order valence-electron chi connectivity index (χ4n) is 15.3. The summed E-state index contributed by atoms with van der Waals surface area (Å²) in [6.07, 6.45) is -1.39. The molecule has 12 aromatic rings. The third kappa shape index (κ3) is 33.9. The Bertz CT molecular complexity index is 5920. The normalized spacial score (nSPS) is 13.4.